The summed E-state index contributed by atoms with van der Waals surface area (Å²) in [6.45, 7) is 1.73. The first-order chi connectivity index (χ1) is 10.9. The molecule has 23 heavy (non-hydrogen) atoms. The Morgan fingerprint density at radius 1 is 1.22 bits per heavy atom. The molecule has 8 heteroatoms. The normalized spacial score (nSPS) is 10.0. The molecule has 118 valence electrons. The number of nitro groups is 1. The number of nitrogens with one attached hydrogen (secondary N) is 2. The average Bonchev–Trinajstić information content (AvgIpc) is 2.49. The van der Waals surface area contributed by atoms with Crippen molar-refractivity contribution in [1.82, 2.24) is 5.32 Å². The van der Waals surface area contributed by atoms with Crippen LogP contribution in [0.2, 0.25) is 0 Å². The van der Waals surface area contributed by atoms with E-state index in [0.717, 1.165) is 17.7 Å². The number of thiocarbonyl (C=S) groups is 1. The highest BCUT2D eigenvalue weighted by atomic mass is 32.1. The van der Waals surface area contributed by atoms with Gasteiger partial charge in [-0.25, -0.2) is 4.39 Å². The van der Waals surface area contributed by atoms with Crippen molar-refractivity contribution in [3.8, 4) is 0 Å². The SMILES string of the molecule is Cc1ccc(NC(=S)NC(=O)c2ccc(F)cc2)c([N+](=O)[O-])c1. The van der Waals surface area contributed by atoms with Gasteiger partial charge in [0.05, 0.1) is 4.92 Å². The summed E-state index contributed by atoms with van der Waals surface area (Å²) < 4.78 is 12.8. The van der Waals surface area contributed by atoms with Crippen LogP contribution in [0.3, 0.4) is 0 Å². The highest BCUT2D eigenvalue weighted by Crippen LogP contribution is 2.25. The van der Waals surface area contributed by atoms with Crippen molar-refractivity contribution in [2.24, 2.45) is 0 Å². The van der Waals surface area contributed by atoms with E-state index in [1.165, 1.54) is 24.3 Å². The Morgan fingerprint density at radius 3 is 2.48 bits per heavy atom. The lowest BCUT2D eigenvalue weighted by atomic mass is 10.2. The van der Waals surface area contributed by atoms with Crippen LogP contribution in [0, 0.1) is 22.9 Å². The van der Waals surface area contributed by atoms with Gasteiger partial charge in [0.25, 0.3) is 11.6 Å². The number of carbonyl (C=O) groups excluding carboxylic acids is 1. The molecule has 0 atom stereocenters. The van der Waals surface area contributed by atoms with Gasteiger partial charge in [0.2, 0.25) is 0 Å². The molecule has 1 amide bonds. The number of nitro benzene ring substituents is 1. The molecule has 0 saturated heterocycles. The van der Waals surface area contributed by atoms with Crippen LogP contribution in [0.15, 0.2) is 42.5 Å². The third-order valence-corrected chi connectivity index (χ3v) is 3.14. The van der Waals surface area contributed by atoms with Gasteiger partial charge in [0, 0.05) is 11.6 Å². The van der Waals surface area contributed by atoms with E-state index in [4.69, 9.17) is 12.2 Å². The quantitative estimate of drug-likeness (QED) is 0.512. The molecule has 0 heterocycles. The lowest BCUT2D eigenvalue weighted by molar-refractivity contribution is -0.383. The third kappa shape index (κ3) is 4.30. The van der Waals surface area contributed by atoms with Crippen LogP contribution in [0.4, 0.5) is 15.8 Å². The number of benzene rings is 2. The molecule has 2 aromatic rings. The molecular weight excluding hydrogens is 321 g/mol. The minimum Gasteiger partial charge on any atom is -0.327 e. The second-order valence-electron chi connectivity index (χ2n) is 4.69. The van der Waals surface area contributed by atoms with Crippen LogP contribution < -0.4 is 10.6 Å². The molecule has 0 unspecified atom stereocenters. The lowest BCUT2D eigenvalue weighted by Crippen LogP contribution is -2.34. The molecule has 0 aliphatic carbocycles. The van der Waals surface area contributed by atoms with E-state index >= 15 is 0 Å². The lowest BCUT2D eigenvalue weighted by Gasteiger charge is -2.10. The van der Waals surface area contributed by atoms with Crippen LogP contribution in [0.5, 0.6) is 0 Å². The van der Waals surface area contributed by atoms with Gasteiger partial charge in [-0.2, -0.15) is 0 Å². The Bertz CT molecular complexity index is 778. The van der Waals surface area contributed by atoms with E-state index in [2.05, 4.69) is 10.6 Å². The standard InChI is InChI=1S/C15H12FN3O3S/c1-9-2-7-12(13(8-9)19(21)22)17-15(23)18-14(20)10-3-5-11(16)6-4-10/h2-8H,1H3,(H2,17,18,20,23). The van der Waals surface area contributed by atoms with Gasteiger partial charge in [-0.15, -0.1) is 0 Å². The van der Waals surface area contributed by atoms with Crippen molar-refractivity contribution in [3.63, 3.8) is 0 Å². The van der Waals surface area contributed by atoms with Gasteiger partial charge in [-0.1, -0.05) is 6.07 Å². The van der Waals surface area contributed by atoms with Crippen LogP contribution in [-0.4, -0.2) is 15.9 Å². The number of halogens is 1. The Kier molecular flexibility index (Phi) is 4.97. The third-order valence-electron chi connectivity index (χ3n) is 2.93. The smallest absolute Gasteiger partial charge is 0.292 e. The summed E-state index contributed by atoms with van der Waals surface area (Å²) in [5, 5.41) is 15.9. The molecular formula is C15H12FN3O3S. The maximum Gasteiger partial charge on any atom is 0.292 e. The molecule has 0 aliphatic heterocycles. The van der Waals surface area contributed by atoms with Gasteiger partial charge in [0.1, 0.15) is 11.5 Å². The molecule has 6 nitrogen and oxygen atoms in total. The van der Waals surface area contributed by atoms with Gasteiger partial charge in [-0.3, -0.25) is 20.2 Å². The zero-order chi connectivity index (χ0) is 17.0. The number of aryl methyl sites for hydroxylation is 1. The summed E-state index contributed by atoms with van der Waals surface area (Å²) in [6, 6.07) is 9.49. The topological polar surface area (TPSA) is 84.3 Å². The molecule has 0 aliphatic rings. The van der Waals surface area contributed by atoms with Crippen LogP contribution in [0.25, 0.3) is 0 Å². The first kappa shape index (κ1) is 16.5. The minimum absolute atomic E-state index is 0.0914. The molecule has 2 rings (SSSR count). The molecule has 0 bridgehead atoms. The summed E-state index contributed by atoms with van der Waals surface area (Å²) in [5.41, 5.74) is 0.964. The van der Waals surface area contributed by atoms with Gasteiger partial charge in [-0.05, 0) is 55.0 Å². The summed E-state index contributed by atoms with van der Waals surface area (Å²) >= 11 is 4.98. The molecule has 0 saturated carbocycles. The van der Waals surface area contributed by atoms with Crippen molar-refractivity contribution < 1.29 is 14.1 Å². The molecule has 2 N–H and O–H groups in total. The predicted molar refractivity (Wildman–Crippen MR) is 87.9 cm³/mol. The van der Waals surface area contributed by atoms with Crippen LogP contribution in [0.1, 0.15) is 15.9 Å². The highest BCUT2D eigenvalue weighted by Gasteiger charge is 2.16. The second-order valence-corrected chi connectivity index (χ2v) is 5.10. The van der Waals surface area contributed by atoms with E-state index in [0.29, 0.717) is 0 Å². The monoisotopic (exact) mass is 333 g/mol. The van der Waals surface area contributed by atoms with E-state index in [1.807, 2.05) is 0 Å². The molecule has 0 aromatic heterocycles. The van der Waals surface area contributed by atoms with Crippen LogP contribution >= 0.6 is 12.2 Å². The van der Waals surface area contributed by atoms with Crippen molar-refractivity contribution in [1.29, 1.82) is 0 Å². The Labute approximate surface area is 136 Å². The number of anilines is 1. The number of hydrogen-bond acceptors (Lipinski definition) is 4. The Morgan fingerprint density at radius 2 is 1.87 bits per heavy atom. The Balaban J connectivity index is 2.09. The fourth-order valence-electron chi connectivity index (χ4n) is 1.83. The van der Waals surface area contributed by atoms with Gasteiger partial charge in [0.15, 0.2) is 5.11 Å². The summed E-state index contributed by atoms with van der Waals surface area (Å²) in [5.74, 6) is -1.00. The number of carbonyl (C=O) groups is 1. The van der Waals surface area contributed by atoms with E-state index in [9.17, 15) is 19.3 Å². The number of rotatable bonds is 3. The number of amides is 1. The average molecular weight is 333 g/mol. The summed E-state index contributed by atoms with van der Waals surface area (Å²) in [6.07, 6.45) is 0. The zero-order valence-corrected chi connectivity index (χ0v) is 12.8. The van der Waals surface area contributed by atoms with Crippen molar-refractivity contribution in [3.05, 3.63) is 69.5 Å². The first-order valence-electron chi connectivity index (χ1n) is 6.50. The van der Waals surface area contributed by atoms with E-state index in [-0.39, 0.29) is 22.1 Å². The highest BCUT2D eigenvalue weighted by molar-refractivity contribution is 7.80. The van der Waals surface area contributed by atoms with Gasteiger partial charge >= 0.3 is 0 Å². The summed E-state index contributed by atoms with van der Waals surface area (Å²) in [4.78, 5) is 22.4. The largest absolute Gasteiger partial charge is 0.327 e. The minimum atomic E-state index is -0.544. The van der Waals surface area contributed by atoms with E-state index < -0.39 is 16.6 Å². The van der Waals surface area contributed by atoms with Gasteiger partial charge < -0.3 is 5.32 Å². The van der Waals surface area contributed by atoms with Crippen molar-refractivity contribution in [2.45, 2.75) is 6.92 Å². The predicted octanol–water partition coefficient (Wildman–Crippen LogP) is 3.17. The Hall–Kier alpha value is -2.87. The zero-order valence-electron chi connectivity index (χ0n) is 12.0. The second kappa shape index (κ2) is 6.93. The first-order valence-corrected chi connectivity index (χ1v) is 6.90. The molecule has 0 fully saturated rings. The molecule has 2 aromatic carbocycles. The molecule has 0 radical (unpaired) electrons. The fraction of sp³-hybridized carbons (Fsp3) is 0.0667. The fourth-order valence-corrected chi connectivity index (χ4v) is 2.03. The van der Waals surface area contributed by atoms with Crippen molar-refractivity contribution in [2.75, 3.05) is 5.32 Å². The van der Waals surface area contributed by atoms with Crippen LogP contribution in [-0.2, 0) is 0 Å². The summed E-state index contributed by atoms with van der Waals surface area (Å²) in [7, 11) is 0. The molecule has 0 spiro atoms. The number of nitrogens with zero attached hydrogens (tertiary/aromatic N) is 1. The maximum atomic E-state index is 12.8. The van der Waals surface area contributed by atoms with Crippen molar-refractivity contribution >= 4 is 34.6 Å². The number of hydrogen-bond donors (Lipinski definition) is 2. The maximum absolute atomic E-state index is 12.8. The van der Waals surface area contributed by atoms with E-state index in [1.54, 1.807) is 13.0 Å².